The molecule has 1 atom stereocenters. The molecule has 33 heavy (non-hydrogen) atoms. The van der Waals surface area contributed by atoms with Gasteiger partial charge in [-0.15, -0.1) is 0 Å². The Kier molecular flexibility index (Phi) is 7.15. The molecular formula is C24H26ClFN4O3. The van der Waals surface area contributed by atoms with Crippen molar-refractivity contribution in [1.29, 1.82) is 0 Å². The molecular weight excluding hydrogens is 447 g/mol. The highest BCUT2D eigenvalue weighted by atomic mass is 35.5. The summed E-state index contributed by atoms with van der Waals surface area (Å²) in [6, 6.07) is 12.7. The minimum absolute atomic E-state index is 0.208. The fourth-order valence-corrected chi connectivity index (χ4v) is 4.46. The Morgan fingerprint density at radius 2 is 1.82 bits per heavy atom. The van der Waals surface area contributed by atoms with Crippen molar-refractivity contribution in [3.05, 3.63) is 76.2 Å². The molecule has 0 unspecified atom stereocenters. The molecule has 9 heteroatoms. The number of hydrogen-bond donors (Lipinski definition) is 2. The van der Waals surface area contributed by atoms with E-state index in [1.807, 2.05) is 11.0 Å². The lowest BCUT2D eigenvalue weighted by Crippen LogP contribution is -2.52. The van der Waals surface area contributed by atoms with E-state index in [0.29, 0.717) is 60.3 Å². The van der Waals surface area contributed by atoms with Crippen molar-refractivity contribution in [3.8, 4) is 0 Å². The van der Waals surface area contributed by atoms with Crippen LogP contribution >= 0.6 is 11.6 Å². The summed E-state index contributed by atoms with van der Waals surface area (Å²) >= 11 is 6.39. The topological polar surface area (TPSA) is 73.9 Å². The molecule has 0 aliphatic carbocycles. The lowest BCUT2D eigenvalue weighted by atomic mass is 9.94. The predicted molar refractivity (Wildman–Crippen MR) is 125 cm³/mol. The molecule has 1 saturated heterocycles. The number of nitrogens with one attached hydrogen (secondary N) is 2. The quantitative estimate of drug-likeness (QED) is 0.630. The summed E-state index contributed by atoms with van der Waals surface area (Å²) < 4.78 is 19.5. The molecule has 4 rings (SSSR count). The van der Waals surface area contributed by atoms with Gasteiger partial charge in [-0.25, -0.2) is 14.0 Å². The number of benzene rings is 2. The molecule has 2 N–H and O–H groups in total. The number of rotatable bonds is 6. The van der Waals surface area contributed by atoms with E-state index in [1.54, 1.807) is 43.3 Å². The van der Waals surface area contributed by atoms with Gasteiger partial charge < -0.3 is 20.3 Å². The van der Waals surface area contributed by atoms with Gasteiger partial charge in [0.05, 0.1) is 23.9 Å². The molecule has 174 valence electrons. The number of urea groups is 1. The van der Waals surface area contributed by atoms with Gasteiger partial charge in [0, 0.05) is 43.4 Å². The number of para-hydroxylation sites is 1. The van der Waals surface area contributed by atoms with E-state index in [1.165, 1.54) is 6.07 Å². The Balaban J connectivity index is 1.57. The number of carbonyl (C=O) groups excluding carboxylic acids is 2. The van der Waals surface area contributed by atoms with Gasteiger partial charge in [-0.1, -0.05) is 41.9 Å². The van der Waals surface area contributed by atoms with Crippen LogP contribution in [-0.4, -0.2) is 56.2 Å². The van der Waals surface area contributed by atoms with Crippen LogP contribution in [0.25, 0.3) is 0 Å². The molecule has 2 aliphatic heterocycles. The van der Waals surface area contributed by atoms with Gasteiger partial charge in [0.15, 0.2) is 0 Å². The van der Waals surface area contributed by atoms with Crippen LogP contribution in [0, 0.1) is 5.82 Å². The number of anilines is 1. The van der Waals surface area contributed by atoms with Crippen LogP contribution in [0.3, 0.4) is 0 Å². The number of amides is 2. The van der Waals surface area contributed by atoms with E-state index >= 15 is 0 Å². The van der Waals surface area contributed by atoms with Crippen LogP contribution in [0.1, 0.15) is 18.5 Å². The van der Waals surface area contributed by atoms with Crippen molar-refractivity contribution in [2.24, 2.45) is 0 Å². The molecule has 0 aromatic heterocycles. The van der Waals surface area contributed by atoms with E-state index in [4.69, 9.17) is 16.3 Å². The number of nitrogens with zero attached hydrogens (tertiary/aromatic N) is 2. The second kappa shape index (κ2) is 10.2. The number of carbonyl (C=O) groups is 2. The zero-order chi connectivity index (χ0) is 23.4. The average molecular weight is 473 g/mol. The number of ether oxygens (including phenoxy) is 1. The van der Waals surface area contributed by atoms with E-state index in [0.717, 1.165) is 0 Å². The van der Waals surface area contributed by atoms with Gasteiger partial charge in [0.25, 0.3) is 0 Å². The van der Waals surface area contributed by atoms with Gasteiger partial charge in [0.2, 0.25) is 0 Å². The van der Waals surface area contributed by atoms with Gasteiger partial charge in [-0.3, -0.25) is 4.90 Å². The lowest BCUT2D eigenvalue weighted by Gasteiger charge is -2.38. The van der Waals surface area contributed by atoms with E-state index in [2.05, 4.69) is 15.5 Å². The Hall–Kier alpha value is -3.10. The van der Waals surface area contributed by atoms with Crippen molar-refractivity contribution >= 4 is 29.3 Å². The van der Waals surface area contributed by atoms with Crippen LogP contribution in [0.2, 0.25) is 5.02 Å². The maximum absolute atomic E-state index is 14.2. The fraction of sp³-hybridized carbons (Fsp3) is 0.333. The molecule has 0 radical (unpaired) electrons. The van der Waals surface area contributed by atoms with E-state index in [9.17, 15) is 14.0 Å². The first-order valence-electron chi connectivity index (χ1n) is 10.9. The van der Waals surface area contributed by atoms with Gasteiger partial charge in [-0.05, 0) is 30.7 Å². The third-order valence-corrected chi connectivity index (χ3v) is 6.16. The monoisotopic (exact) mass is 472 g/mol. The van der Waals surface area contributed by atoms with Crippen LogP contribution in [0.4, 0.5) is 14.9 Å². The molecule has 2 amide bonds. The minimum atomic E-state index is -0.721. The smallest absolute Gasteiger partial charge is 0.338 e. The Bertz CT molecular complexity index is 1070. The number of esters is 1. The summed E-state index contributed by atoms with van der Waals surface area (Å²) in [4.78, 5) is 29.6. The first-order valence-corrected chi connectivity index (χ1v) is 11.3. The van der Waals surface area contributed by atoms with Gasteiger partial charge in [0.1, 0.15) is 5.82 Å². The van der Waals surface area contributed by atoms with Crippen molar-refractivity contribution < 1.29 is 18.7 Å². The highest BCUT2D eigenvalue weighted by molar-refractivity contribution is 6.31. The van der Waals surface area contributed by atoms with Gasteiger partial charge >= 0.3 is 12.0 Å². The molecule has 0 bridgehead atoms. The molecule has 0 spiro atoms. The van der Waals surface area contributed by atoms with Crippen molar-refractivity contribution in [1.82, 2.24) is 15.5 Å². The number of halogens is 2. The Morgan fingerprint density at radius 1 is 1.12 bits per heavy atom. The number of hydrogen-bond acceptors (Lipinski definition) is 5. The van der Waals surface area contributed by atoms with Crippen LogP contribution < -0.4 is 15.5 Å². The number of piperazine rings is 1. The summed E-state index contributed by atoms with van der Waals surface area (Å²) in [6.07, 6.45) is 0. The molecule has 2 heterocycles. The molecule has 2 aromatic rings. The zero-order valence-electron chi connectivity index (χ0n) is 18.3. The lowest BCUT2D eigenvalue weighted by molar-refractivity contribution is -0.139. The fourth-order valence-electron chi connectivity index (χ4n) is 4.21. The summed E-state index contributed by atoms with van der Waals surface area (Å²) in [5.41, 5.74) is 2.03. The Labute approximate surface area is 197 Å². The maximum atomic E-state index is 14.2. The summed E-state index contributed by atoms with van der Waals surface area (Å²) in [5, 5.41) is 6.05. The molecule has 2 aliphatic rings. The molecule has 1 fully saturated rings. The molecule has 7 nitrogen and oxygen atoms in total. The highest BCUT2D eigenvalue weighted by Crippen LogP contribution is 2.32. The molecule has 0 saturated carbocycles. The van der Waals surface area contributed by atoms with Crippen molar-refractivity contribution in [3.63, 3.8) is 0 Å². The normalized spacial score (nSPS) is 19.2. The van der Waals surface area contributed by atoms with E-state index in [-0.39, 0.29) is 12.4 Å². The predicted octanol–water partition coefficient (Wildman–Crippen LogP) is 3.47. The largest absolute Gasteiger partial charge is 0.463 e. The summed E-state index contributed by atoms with van der Waals surface area (Å²) in [5.74, 6) is -0.749. The summed E-state index contributed by atoms with van der Waals surface area (Å²) in [6.45, 7) is 4.85. The zero-order valence-corrected chi connectivity index (χ0v) is 19.1. The Morgan fingerprint density at radius 3 is 2.52 bits per heavy atom. The van der Waals surface area contributed by atoms with Crippen LogP contribution in [0.5, 0.6) is 0 Å². The second-order valence-electron chi connectivity index (χ2n) is 7.88. The standard InChI is InChI=1S/C24H26ClFN4O3/c1-2-33-23(31)21-19(27-24(32)28-22(21)16-7-3-4-8-17(16)25)15-29-11-13-30(14-12-29)20-10-6-5-9-18(20)26/h3-10,22H,2,11-15H2,1H3,(H2,27,28,32)/t22-/m1/s1. The minimum Gasteiger partial charge on any atom is -0.463 e. The van der Waals surface area contributed by atoms with Crippen molar-refractivity contribution in [2.45, 2.75) is 13.0 Å². The first-order chi connectivity index (χ1) is 16.0. The van der Waals surface area contributed by atoms with Gasteiger partial charge in [-0.2, -0.15) is 0 Å². The third kappa shape index (κ3) is 5.12. The maximum Gasteiger partial charge on any atom is 0.338 e. The second-order valence-corrected chi connectivity index (χ2v) is 8.29. The van der Waals surface area contributed by atoms with E-state index < -0.39 is 18.0 Å². The average Bonchev–Trinajstić information content (AvgIpc) is 2.80. The van der Waals surface area contributed by atoms with Crippen molar-refractivity contribution in [2.75, 3.05) is 44.2 Å². The SMILES string of the molecule is CCOC(=O)C1=C(CN2CCN(c3ccccc3F)CC2)NC(=O)N[C@@H]1c1ccccc1Cl. The molecule has 2 aromatic carbocycles. The highest BCUT2D eigenvalue weighted by Gasteiger charge is 2.35. The third-order valence-electron chi connectivity index (χ3n) is 5.81. The van der Waals surface area contributed by atoms with Crippen LogP contribution in [0.15, 0.2) is 59.8 Å². The first kappa shape index (κ1) is 23.1. The van der Waals surface area contributed by atoms with Crippen LogP contribution in [-0.2, 0) is 9.53 Å². The summed E-state index contributed by atoms with van der Waals surface area (Å²) in [7, 11) is 0.